The lowest BCUT2D eigenvalue weighted by atomic mass is 10.1. The van der Waals surface area contributed by atoms with E-state index in [1.807, 2.05) is 6.07 Å². The van der Waals surface area contributed by atoms with E-state index in [0.717, 1.165) is 18.8 Å². The van der Waals surface area contributed by atoms with Crippen molar-refractivity contribution in [2.24, 2.45) is 0 Å². The summed E-state index contributed by atoms with van der Waals surface area (Å²) in [5.74, 6) is 0.833. The van der Waals surface area contributed by atoms with Gasteiger partial charge in [-0.25, -0.2) is 0 Å². The number of ether oxygens (including phenoxy) is 1. The van der Waals surface area contributed by atoms with Crippen molar-refractivity contribution in [3.05, 3.63) is 24.3 Å². The number of benzene rings is 1. The number of rotatable bonds is 12. The number of hydrogen-bond donors (Lipinski definition) is 0. The van der Waals surface area contributed by atoms with E-state index in [-0.39, 0.29) is 0 Å². The van der Waals surface area contributed by atoms with Gasteiger partial charge in [-0.2, -0.15) is 0 Å². The van der Waals surface area contributed by atoms with Crippen molar-refractivity contribution < 1.29 is 4.74 Å². The molecule has 119 valence electrons. The fourth-order valence-corrected chi connectivity index (χ4v) is 2.58. The molecule has 0 spiro atoms. The van der Waals surface area contributed by atoms with Crippen LogP contribution in [0.5, 0.6) is 5.75 Å². The zero-order valence-corrected chi connectivity index (χ0v) is 14.2. The normalized spacial score (nSPS) is 10.6. The molecule has 1 aromatic carbocycles. The van der Waals surface area contributed by atoms with Crippen LogP contribution in [0.25, 0.3) is 0 Å². The molecule has 0 aromatic heterocycles. The Hall–Kier alpha value is -1.18. The highest BCUT2D eigenvalue weighted by molar-refractivity contribution is 5.50. The summed E-state index contributed by atoms with van der Waals surface area (Å²) in [4.78, 5) is 2.52. The van der Waals surface area contributed by atoms with Gasteiger partial charge in [0.05, 0.1) is 7.11 Å². The van der Waals surface area contributed by atoms with Gasteiger partial charge in [-0.1, -0.05) is 52.4 Å². The molecule has 0 N–H and O–H groups in total. The molecule has 0 heterocycles. The quantitative estimate of drug-likeness (QED) is 0.474. The first-order chi connectivity index (χ1) is 10.3. The molecule has 2 heteroatoms. The first-order valence-electron chi connectivity index (χ1n) is 8.62. The minimum absolute atomic E-state index is 0.833. The number of anilines is 1. The van der Waals surface area contributed by atoms with E-state index in [0.29, 0.717) is 0 Å². The van der Waals surface area contributed by atoms with Crippen molar-refractivity contribution in [3.63, 3.8) is 0 Å². The Bertz CT molecular complexity index is 352. The molecule has 1 rings (SSSR count). The van der Waals surface area contributed by atoms with Crippen LogP contribution in [0.15, 0.2) is 18.2 Å². The molecular weight excluding hydrogens is 258 g/mol. The van der Waals surface area contributed by atoms with Gasteiger partial charge in [0.25, 0.3) is 0 Å². The summed E-state index contributed by atoms with van der Waals surface area (Å²) in [6.07, 6.45) is 10.5. The maximum atomic E-state index is 5.31. The molecular formula is C19H32NO. The van der Waals surface area contributed by atoms with Gasteiger partial charge in [0, 0.05) is 30.9 Å². The molecule has 0 saturated carbocycles. The molecule has 2 nitrogen and oxygen atoms in total. The second kappa shape index (κ2) is 11.5. The molecule has 0 amide bonds. The standard InChI is InChI=1S/C19H32NO/c1-4-6-8-10-15-20(16-11-9-7-5-2)18-13-12-14-19(17-18)21-3/h12-13,17H,4-11,15-16H2,1-3H3. The van der Waals surface area contributed by atoms with Crippen LogP contribution in [-0.4, -0.2) is 20.2 Å². The first kappa shape index (κ1) is 17.9. The Morgan fingerprint density at radius 2 is 1.57 bits per heavy atom. The average molecular weight is 290 g/mol. The molecule has 0 aliphatic carbocycles. The largest absolute Gasteiger partial charge is 0.496 e. The predicted octanol–water partition coefficient (Wildman–Crippen LogP) is 5.46. The summed E-state index contributed by atoms with van der Waals surface area (Å²) in [5.41, 5.74) is 1.28. The Morgan fingerprint density at radius 1 is 0.952 bits per heavy atom. The van der Waals surface area contributed by atoms with E-state index in [2.05, 4.69) is 36.9 Å². The summed E-state index contributed by atoms with van der Waals surface area (Å²) in [7, 11) is 1.71. The van der Waals surface area contributed by atoms with Crippen LogP contribution in [0.1, 0.15) is 65.2 Å². The van der Waals surface area contributed by atoms with Gasteiger partial charge in [-0.15, -0.1) is 0 Å². The molecule has 1 aromatic rings. The molecule has 0 aliphatic rings. The highest BCUT2D eigenvalue weighted by Crippen LogP contribution is 2.22. The average Bonchev–Trinajstić information content (AvgIpc) is 2.53. The Morgan fingerprint density at radius 3 is 2.10 bits per heavy atom. The van der Waals surface area contributed by atoms with E-state index in [4.69, 9.17) is 4.74 Å². The summed E-state index contributed by atoms with van der Waals surface area (Å²) >= 11 is 0. The van der Waals surface area contributed by atoms with Crippen LogP contribution < -0.4 is 9.64 Å². The van der Waals surface area contributed by atoms with Gasteiger partial charge in [-0.05, 0) is 25.0 Å². The third kappa shape index (κ3) is 7.40. The van der Waals surface area contributed by atoms with Crippen molar-refractivity contribution in [2.45, 2.75) is 65.2 Å². The van der Waals surface area contributed by atoms with E-state index >= 15 is 0 Å². The van der Waals surface area contributed by atoms with E-state index < -0.39 is 0 Å². The van der Waals surface area contributed by atoms with Crippen LogP contribution in [0, 0.1) is 6.07 Å². The summed E-state index contributed by atoms with van der Waals surface area (Å²) < 4.78 is 5.31. The lowest BCUT2D eigenvalue weighted by molar-refractivity contribution is 0.414. The molecule has 0 saturated heterocycles. The second-order valence-electron chi connectivity index (χ2n) is 5.72. The van der Waals surface area contributed by atoms with Crippen LogP contribution in [0.2, 0.25) is 0 Å². The second-order valence-corrected chi connectivity index (χ2v) is 5.72. The van der Waals surface area contributed by atoms with Crippen LogP contribution in [0.3, 0.4) is 0 Å². The van der Waals surface area contributed by atoms with E-state index in [9.17, 15) is 0 Å². The summed E-state index contributed by atoms with van der Waals surface area (Å²) in [5, 5.41) is 0. The van der Waals surface area contributed by atoms with Gasteiger partial charge < -0.3 is 9.64 Å². The zero-order valence-electron chi connectivity index (χ0n) is 14.2. The monoisotopic (exact) mass is 290 g/mol. The lowest BCUT2D eigenvalue weighted by Gasteiger charge is -2.25. The molecule has 0 aliphatic heterocycles. The number of unbranched alkanes of at least 4 members (excludes halogenated alkanes) is 6. The zero-order chi connectivity index (χ0) is 15.3. The predicted molar refractivity (Wildman–Crippen MR) is 92.3 cm³/mol. The van der Waals surface area contributed by atoms with Crippen molar-refractivity contribution in [3.8, 4) is 5.75 Å². The highest BCUT2D eigenvalue weighted by atomic mass is 16.5. The SMILES string of the molecule is CCCCCCN(CCCCCC)c1cc[c]c(OC)c1. The third-order valence-electron chi connectivity index (χ3n) is 3.91. The number of hydrogen-bond acceptors (Lipinski definition) is 2. The Labute approximate surface area is 131 Å². The Balaban J connectivity index is 2.56. The van der Waals surface area contributed by atoms with E-state index in [1.165, 1.54) is 57.1 Å². The maximum absolute atomic E-state index is 5.31. The number of methoxy groups -OCH3 is 1. The van der Waals surface area contributed by atoms with Crippen LogP contribution in [-0.2, 0) is 0 Å². The molecule has 0 atom stereocenters. The molecule has 0 unspecified atom stereocenters. The summed E-state index contributed by atoms with van der Waals surface area (Å²) in [6, 6.07) is 9.35. The highest BCUT2D eigenvalue weighted by Gasteiger charge is 2.07. The Kier molecular flexibility index (Phi) is 9.77. The van der Waals surface area contributed by atoms with Crippen LogP contribution >= 0.6 is 0 Å². The van der Waals surface area contributed by atoms with Crippen molar-refractivity contribution >= 4 is 5.69 Å². The topological polar surface area (TPSA) is 12.5 Å². The first-order valence-corrected chi connectivity index (χ1v) is 8.62. The van der Waals surface area contributed by atoms with Gasteiger partial charge in [0.15, 0.2) is 0 Å². The third-order valence-corrected chi connectivity index (χ3v) is 3.91. The van der Waals surface area contributed by atoms with Crippen molar-refractivity contribution in [1.29, 1.82) is 0 Å². The van der Waals surface area contributed by atoms with Gasteiger partial charge in [-0.3, -0.25) is 0 Å². The molecule has 1 radical (unpaired) electrons. The number of nitrogens with zero attached hydrogens (tertiary/aromatic N) is 1. The fourth-order valence-electron chi connectivity index (χ4n) is 2.58. The van der Waals surface area contributed by atoms with E-state index in [1.54, 1.807) is 7.11 Å². The smallest absolute Gasteiger partial charge is 0.128 e. The fraction of sp³-hybridized carbons (Fsp3) is 0.684. The molecule has 21 heavy (non-hydrogen) atoms. The minimum Gasteiger partial charge on any atom is -0.496 e. The van der Waals surface area contributed by atoms with Gasteiger partial charge >= 0.3 is 0 Å². The lowest BCUT2D eigenvalue weighted by Crippen LogP contribution is -2.25. The minimum atomic E-state index is 0.833. The van der Waals surface area contributed by atoms with Crippen molar-refractivity contribution in [2.75, 3.05) is 25.1 Å². The van der Waals surface area contributed by atoms with Gasteiger partial charge in [0.2, 0.25) is 0 Å². The van der Waals surface area contributed by atoms with Crippen LogP contribution in [0.4, 0.5) is 5.69 Å². The van der Waals surface area contributed by atoms with Crippen molar-refractivity contribution in [1.82, 2.24) is 0 Å². The maximum Gasteiger partial charge on any atom is 0.128 e. The van der Waals surface area contributed by atoms with Gasteiger partial charge in [0.1, 0.15) is 5.75 Å². The molecule has 0 fully saturated rings. The molecule has 0 bridgehead atoms. The summed E-state index contributed by atoms with van der Waals surface area (Å²) in [6.45, 7) is 6.83.